The van der Waals surface area contributed by atoms with Crippen LogP contribution in [0.4, 0.5) is 4.79 Å². The number of piperazine rings is 1. The second-order valence-corrected chi connectivity index (χ2v) is 7.43. The first-order chi connectivity index (χ1) is 11.9. The van der Waals surface area contributed by atoms with Crippen LogP contribution in [0.25, 0.3) is 0 Å². The average Bonchev–Trinajstić information content (AvgIpc) is 2.61. The first-order valence-electron chi connectivity index (χ1n) is 8.77. The SMILES string of the molecule is CC(C)(C)OC(=O)N1CC(c2ccccc2)NCC1c1ccccc1. The number of hydrogen-bond donors (Lipinski definition) is 1. The summed E-state index contributed by atoms with van der Waals surface area (Å²) in [5.74, 6) is 0. The number of nitrogens with one attached hydrogen (secondary N) is 1. The lowest BCUT2D eigenvalue weighted by molar-refractivity contribution is 0.00696. The predicted octanol–water partition coefficient (Wildman–Crippen LogP) is 4.31. The van der Waals surface area contributed by atoms with Crippen molar-refractivity contribution < 1.29 is 9.53 Å². The van der Waals surface area contributed by atoms with Crippen LogP contribution < -0.4 is 5.32 Å². The lowest BCUT2D eigenvalue weighted by Crippen LogP contribution is -2.51. The molecule has 2 aromatic rings. The number of carbonyl (C=O) groups excluding carboxylic acids is 1. The molecule has 4 nitrogen and oxygen atoms in total. The molecule has 1 aliphatic heterocycles. The number of carbonyl (C=O) groups is 1. The Balaban J connectivity index is 1.85. The van der Waals surface area contributed by atoms with Crippen molar-refractivity contribution in [3.8, 4) is 0 Å². The molecule has 2 unspecified atom stereocenters. The van der Waals surface area contributed by atoms with E-state index in [1.165, 1.54) is 5.56 Å². The van der Waals surface area contributed by atoms with Gasteiger partial charge in [0.05, 0.1) is 12.1 Å². The maximum atomic E-state index is 12.9. The Bertz CT molecular complexity index is 695. The van der Waals surface area contributed by atoms with E-state index in [2.05, 4.69) is 29.6 Å². The molecule has 0 aromatic heterocycles. The lowest BCUT2D eigenvalue weighted by atomic mass is 9.98. The molecule has 0 saturated carbocycles. The molecule has 0 aliphatic carbocycles. The summed E-state index contributed by atoms with van der Waals surface area (Å²) in [7, 11) is 0. The highest BCUT2D eigenvalue weighted by Gasteiger charge is 2.35. The van der Waals surface area contributed by atoms with Crippen molar-refractivity contribution in [3.05, 3.63) is 71.8 Å². The van der Waals surface area contributed by atoms with E-state index in [4.69, 9.17) is 4.74 Å². The van der Waals surface area contributed by atoms with Crippen LogP contribution in [0.5, 0.6) is 0 Å². The standard InChI is InChI=1S/C21H26N2O2/c1-21(2,3)25-20(24)23-15-18(16-10-6-4-7-11-16)22-14-19(23)17-12-8-5-9-13-17/h4-13,18-19,22H,14-15H2,1-3H3. The molecule has 0 spiro atoms. The van der Waals surface area contributed by atoms with Crippen LogP contribution in [0.3, 0.4) is 0 Å². The van der Waals surface area contributed by atoms with Crippen molar-refractivity contribution in [2.24, 2.45) is 0 Å². The van der Waals surface area contributed by atoms with E-state index in [0.29, 0.717) is 13.1 Å². The molecule has 1 saturated heterocycles. The lowest BCUT2D eigenvalue weighted by Gasteiger charge is -2.41. The first kappa shape index (κ1) is 17.5. The summed E-state index contributed by atoms with van der Waals surface area (Å²) in [5.41, 5.74) is 1.79. The zero-order valence-electron chi connectivity index (χ0n) is 15.1. The van der Waals surface area contributed by atoms with E-state index >= 15 is 0 Å². The largest absolute Gasteiger partial charge is 0.444 e. The normalized spacial score (nSPS) is 21.0. The smallest absolute Gasteiger partial charge is 0.410 e. The molecule has 1 N–H and O–H groups in total. The van der Waals surface area contributed by atoms with Crippen molar-refractivity contribution in [1.29, 1.82) is 0 Å². The van der Waals surface area contributed by atoms with Gasteiger partial charge in [-0.1, -0.05) is 60.7 Å². The summed E-state index contributed by atoms with van der Waals surface area (Å²) < 4.78 is 5.67. The third-order valence-electron chi connectivity index (χ3n) is 4.33. The highest BCUT2D eigenvalue weighted by atomic mass is 16.6. The zero-order valence-corrected chi connectivity index (χ0v) is 15.1. The van der Waals surface area contributed by atoms with Crippen LogP contribution in [-0.2, 0) is 4.74 Å². The topological polar surface area (TPSA) is 41.6 Å². The molecule has 132 valence electrons. The molecule has 4 heteroatoms. The van der Waals surface area contributed by atoms with E-state index in [0.717, 1.165) is 5.56 Å². The highest BCUT2D eigenvalue weighted by molar-refractivity contribution is 5.69. The molecule has 0 radical (unpaired) electrons. The molecule has 0 bridgehead atoms. The molecule has 2 aromatic carbocycles. The van der Waals surface area contributed by atoms with E-state index in [-0.39, 0.29) is 18.2 Å². The molecule has 1 aliphatic rings. The van der Waals surface area contributed by atoms with Crippen LogP contribution in [0.1, 0.15) is 44.0 Å². The van der Waals surface area contributed by atoms with E-state index in [9.17, 15) is 4.79 Å². The van der Waals surface area contributed by atoms with Gasteiger partial charge in [-0.05, 0) is 31.9 Å². The summed E-state index contributed by atoms with van der Waals surface area (Å²) >= 11 is 0. The third-order valence-corrected chi connectivity index (χ3v) is 4.33. The molecule has 1 fully saturated rings. The number of rotatable bonds is 2. The van der Waals surface area contributed by atoms with Crippen LogP contribution in [0.15, 0.2) is 60.7 Å². The summed E-state index contributed by atoms with van der Waals surface area (Å²) in [6.07, 6.45) is -0.260. The van der Waals surface area contributed by atoms with Crippen LogP contribution in [-0.4, -0.2) is 29.7 Å². The number of amides is 1. The molecule has 25 heavy (non-hydrogen) atoms. The van der Waals surface area contributed by atoms with Crippen LogP contribution in [0.2, 0.25) is 0 Å². The van der Waals surface area contributed by atoms with Crippen molar-refractivity contribution >= 4 is 6.09 Å². The molecule has 1 heterocycles. The van der Waals surface area contributed by atoms with Gasteiger partial charge in [0.25, 0.3) is 0 Å². The van der Waals surface area contributed by atoms with Gasteiger partial charge < -0.3 is 10.1 Å². The zero-order chi connectivity index (χ0) is 17.9. The van der Waals surface area contributed by atoms with Gasteiger partial charge in [-0.3, -0.25) is 4.90 Å². The van der Waals surface area contributed by atoms with Crippen molar-refractivity contribution in [1.82, 2.24) is 10.2 Å². The Morgan fingerprint density at radius 2 is 1.56 bits per heavy atom. The second-order valence-electron chi connectivity index (χ2n) is 7.43. The van der Waals surface area contributed by atoms with Crippen molar-refractivity contribution in [2.75, 3.05) is 13.1 Å². The molecule has 1 amide bonds. The maximum Gasteiger partial charge on any atom is 0.410 e. The Kier molecular flexibility index (Phi) is 5.09. The van der Waals surface area contributed by atoms with Gasteiger partial charge in [0.15, 0.2) is 0 Å². The Morgan fingerprint density at radius 3 is 2.12 bits per heavy atom. The number of hydrogen-bond acceptors (Lipinski definition) is 3. The minimum absolute atomic E-state index is 0.0315. The Labute approximate surface area is 149 Å². The molecular weight excluding hydrogens is 312 g/mol. The quantitative estimate of drug-likeness (QED) is 0.887. The summed E-state index contributed by atoms with van der Waals surface area (Å²) in [5, 5.41) is 3.58. The fourth-order valence-electron chi connectivity index (χ4n) is 3.16. The fourth-order valence-corrected chi connectivity index (χ4v) is 3.16. The van der Waals surface area contributed by atoms with Gasteiger partial charge in [0.2, 0.25) is 0 Å². The second kappa shape index (κ2) is 7.28. The number of benzene rings is 2. The monoisotopic (exact) mass is 338 g/mol. The summed E-state index contributed by atoms with van der Waals surface area (Å²) in [6.45, 7) is 6.99. The average molecular weight is 338 g/mol. The maximum absolute atomic E-state index is 12.9. The number of nitrogens with zero attached hydrogens (tertiary/aromatic N) is 1. The van der Waals surface area contributed by atoms with E-state index in [1.54, 1.807) is 0 Å². The number of ether oxygens (including phenoxy) is 1. The predicted molar refractivity (Wildman–Crippen MR) is 99.3 cm³/mol. The molecule has 3 rings (SSSR count). The fraction of sp³-hybridized carbons (Fsp3) is 0.381. The van der Waals surface area contributed by atoms with Gasteiger partial charge in [-0.25, -0.2) is 4.79 Å². The van der Waals surface area contributed by atoms with Crippen LogP contribution in [0, 0.1) is 0 Å². The minimum atomic E-state index is -0.508. The van der Waals surface area contributed by atoms with Gasteiger partial charge in [0, 0.05) is 13.1 Å². The van der Waals surface area contributed by atoms with Gasteiger partial charge in [-0.15, -0.1) is 0 Å². The van der Waals surface area contributed by atoms with E-state index < -0.39 is 5.60 Å². The van der Waals surface area contributed by atoms with Gasteiger partial charge in [0.1, 0.15) is 5.60 Å². The molecular formula is C21H26N2O2. The van der Waals surface area contributed by atoms with Crippen molar-refractivity contribution in [2.45, 2.75) is 38.5 Å². The van der Waals surface area contributed by atoms with E-state index in [1.807, 2.05) is 62.1 Å². The Morgan fingerprint density at radius 1 is 1.00 bits per heavy atom. The van der Waals surface area contributed by atoms with Crippen LogP contribution >= 0.6 is 0 Å². The van der Waals surface area contributed by atoms with Gasteiger partial charge in [-0.2, -0.15) is 0 Å². The first-order valence-corrected chi connectivity index (χ1v) is 8.77. The summed E-state index contributed by atoms with van der Waals surface area (Å²) in [4.78, 5) is 14.7. The van der Waals surface area contributed by atoms with Crippen molar-refractivity contribution in [3.63, 3.8) is 0 Å². The molecule has 2 atom stereocenters. The summed E-state index contributed by atoms with van der Waals surface area (Å²) in [6, 6.07) is 20.4. The minimum Gasteiger partial charge on any atom is -0.444 e. The Hall–Kier alpha value is -2.33. The highest BCUT2D eigenvalue weighted by Crippen LogP contribution is 2.30. The van der Waals surface area contributed by atoms with Gasteiger partial charge >= 0.3 is 6.09 Å². The third kappa shape index (κ3) is 4.40.